The monoisotopic (exact) mass is 474 g/mol. The third kappa shape index (κ3) is 10.0. The number of halogens is 1. The zero-order chi connectivity index (χ0) is 17.5. The molecule has 144 valence electrons. The molecule has 8 heteroatoms. The van der Waals surface area contributed by atoms with Gasteiger partial charge in [0.25, 0.3) is 0 Å². The van der Waals surface area contributed by atoms with Gasteiger partial charge in [0.2, 0.25) is 0 Å². The van der Waals surface area contributed by atoms with Gasteiger partial charge in [-0.15, -0.1) is 24.0 Å². The first-order valence-corrected chi connectivity index (χ1v) is 10.7. The molecule has 2 N–H and O–H groups in total. The number of nitrogens with one attached hydrogen (secondary N) is 2. The van der Waals surface area contributed by atoms with Crippen molar-refractivity contribution in [3.05, 3.63) is 0 Å². The summed E-state index contributed by atoms with van der Waals surface area (Å²) in [5.41, 5.74) is 0. The molecule has 0 saturated carbocycles. The molecule has 1 rings (SSSR count). The average molecular weight is 474 g/mol. The number of sulfone groups is 1. The lowest BCUT2D eigenvalue weighted by Gasteiger charge is -2.35. The van der Waals surface area contributed by atoms with Gasteiger partial charge in [-0.3, -0.25) is 9.89 Å². The SMILES string of the molecule is CN=C(NCC(C)N1CCCC(C)C1)NC(C)CCS(C)(=O)=O.I. The van der Waals surface area contributed by atoms with E-state index in [-0.39, 0.29) is 35.8 Å². The predicted octanol–water partition coefficient (Wildman–Crippen LogP) is 1.71. The Labute approximate surface area is 165 Å². The summed E-state index contributed by atoms with van der Waals surface area (Å²) in [6, 6.07) is 0.531. The van der Waals surface area contributed by atoms with Crippen molar-refractivity contribution in [2.75, 3.05) is 38.7 Å². The van der Waals surface area contributed by atoms with Crippen LogP contribution < -0.4 is 10.6 Å². The van der Waals surface area contributed by atoms with E-state index in [1.807, 2.05) is 6.92 Å². The van der Waals surface area contributed by atoms with Gasteiger partial charge in [0.15, 0.2) is 5.96 Å². The molecule has 1 fully saturated rings. The van der Waals surface area contributed by atoms with Crippen LogP contribution in [0.3, 0.4) is 0 Å². The van der Waals surface area contributed by atoms with Crippen molar-refractivity contribution in [1.29, 1.82) is 0 Å². The number of guanidine groups is 1. The lowest BCUT2D eigenvalue weighted by Crippen LogP contribution is -2.50. The van der Waals surface area contributed by atoms with Crippen molar-refractivity contribution in [3.63, 3.8) is 0 Å². The highest BCUT2D eigenvalue weighted by Gasteiger charge is 2.21. The Morgan fingerprint density at radius 3 is 2.58 bits per heavy atom. The van der Waals surface area contributed by atoms with E-state index in [2.05, 4.69) is 34.4 Å². The minimum absolute atomic E-state index is 0. The summed E-state index contributed by atoms with van der Waals surface area (Å²) in [4.78, 5) is 6.76. The van der Waals surface area contributed by atoms with E-state index < -0.39 is 9.84 Å². The molecule has 0 radical (unpaired) electrons. The van der Waals surface area contributed by atoms with Crippen LogP contribution in [-0.2, 0) is 9.84 Å². The van der Waals surface area contributed by atoms with E-state index in [0.29, 0.717) is 12.5 Å². The van der Waals surface area contributed by atoms with E-state index in [1.165, 1.54) is 32.2 Å². The van der Waals surface area contributed by atoms with Gasteiger partial charge in [-0.1, -0.05) is 6.92 Å². The first kappa shape index (κ1) is 23.9. The van der Waals surface area contributed by atoms with Gasteiger partial charge in [0.05, 0.1) is 5.75 Å². The van der Waals surface area contributed by atoms with Gasteiger partial charge in [0.1, 0.15) is 9.84 Å². The number of hydrogen-bond acceptors (Lipinski definition) is 4. The molecule has 1 heterocycles. The van der Waals surface area contributed by atoms with E-state index in [9.17, 15) is 8.42 Å². The number of likely N-dealkylation sites (tertiary alicyclic amines) is 1. The Balaban J connectivity index is 0.00000529. The number of aliphatic imine (C=N–C) groups is 1. The quantitative estimate of drug-likeness (QED) is 0.334. The molecule has 0 spiro atoms. The highest BCUT2D eigenvalue weighted by molar-refractivity contribution is 14.0. The highest BCUT2D eigenvalue weighted by atomic mass is 127. The van der Waals surface area contributed by atoms with Gasteiger partial charge in [-0.2, -0.15) is 0 Å². The van der Waals surface area contributed by atoms with Crippen LogP contribution in [0.5, 0.6) is 0 Å². The van der Waals surface area contributed by atoms with Crippen LogP contribution >= 0.6 is 24.0 Å². The van der Waals surface area contributed by atoms with Crippen molar-refractivity contribution < 1.29 is 8.42 Å². The lowest BCUT2D eigenvalue weighted by molar-refractivity contribution is 0.139. The molecule has 1 aliphatic rings. The zero-order valence-corrected chi connectivity index (χ0v) is 18.9. The summed E-state index contributed by atoms with van der Waals surface area (Å²) in [6.45, 7) is 9.71. The second kappa shape index (κ2) is 11.5. The van der Waals surface area contributed by atoms with Crippen LogP contribution in [0, 0.1) is 5.92 Å². The Morgan fingerprint density at radius 1 is 1.38 bits per heavy atom. The fourth-order valence-corrected chi connectivity index (χ4v) is 3.67. The van der Waals surface area contributed by atoms with E-state index >= 15 is 0 Å². The molecule has 0 aromatic carbocycles. The molecule has 1 saturated heterocycles. The largest absolute Gasteiger partial charge is 0.355 e. The maximum atomic E-state index is 11.2. The standard InChI is InChI=1S/C16H34N4O2S.HI/c1-13-7-6-9-20(12-13)15(3)11-18-16(17-4)19-14(2)8-10-23(5,21)22;/h13-15H,6-12H2,1-5H3,(H2,17,18,19);1H. The smallest absolute Gasteiger partial charge is 0.191 e. The van der Waals surface area contributed by atoms with E-state index in [1.54, 1.807) is 7.05 Å². The summed E-state index contributed by atoms with van der Waals surface area (Å²) in [5.74, 6) is 1.71. The molecule has 0 aromatic rings. The Kier molecular flexibility index (Phi) is 11.5. The molecule has 0 amide bonds. The van der Waals surface area contributed by atoms with Gasteiger partial charge in [-0.05, 0) is 45.6 Å². The minimum Gasteiger partial charge on any atom is -0.355 e. The maximum Gasteiger partial charge on any atom is 0.191 e. The van der Waals surface area contributed by atoms with Crippen molar-refractivity contribution in [3.8, 4) is 0 Å². The molecule has 0 bridgehead atoms. The Hall–Kier alpha value is -0.0900. The fourth-order valence-electron chi connectivity index (χ4n) is 2.89. The molecule has 3 atom stereocenters. The summed E-state index contributed by atoms with van der Waals surface area (Å²) < 4.78 is 22.5. The third-order valence-electron chi connectivity index (χ3n) is 4.41. The van der Waals surface area contributed by atoms with Gasteiger partial charge in [-0.25, -0.2) is 8.42 Å². The topological polar surface area (TPSA) is 73.8 Å². The zero-order valence-electron chi connectivity index (χ0n) is 15.7. The van der Waals surface area contributed by atoms with E-state index in [0.717, 1.165) is 18.4 Å². The van der Waals surface area contributed by atoms with Crippen LogP contribution in [-0.4, -0.2) is 70.1 Å². The molecule has 3 unspecified atom stereocenters. The first-order valence-electron chi connectivity index (χ1n) is 8.60. The van der Waals surface area contributed by atoms with E-state index in [4.69, 9.17) is 0 Å². The summed E-state index contributed by atoms with van der Waals surface area (Å²) in [7, 11) is -1.17. The summed E-state index contributed by atoms with van der Waals surface area (Å²) >= 11 is 0. The van der Waals surface area contributed by atoms with Gasteiger partial charge >= 0.3 is 0 Å². The van der Waals surface area contributed by atoms with Crippen molar-refractivity contribution >= 4 is 39.8 Å². The highest BCUT2D eigenvalue weighted by Crippen LogP contribution is 2.17. The number of hydrogen-bond donors (Lipinski definition) is 2. The van der Waals surface area contributed by atoms with Crippen molar-refractivity contribution in [1.82, 2.24) is 15.5 Å². The van der Waals surface area contributed by atoms with Crippen molar-refractivity contribution in [2.45, 2.75) is 52.1 Å². The van der Waals surface area contributed by atoms with Crippen LogP contribution in [0.4, 0.5) is 0 Å². The summed E-state index contributed by atoms with van der Waals surface area (Å²) in [5, 5.41) is 6.62. The molecular formula is C16H35IN4O2S. The fraction of sp³-hybridized carbons (Fsp3) is 0.938. The van der Waals surface area contributed by atoms with Crippen molar-refractivity contribution in [2.24, 2.45) is 10.9 Å². The van der Waals surface area contributed by atoms with Crippen LogP contribution in [0.1, 0.15) is 40.0 Å². The number of rotatable bonds is 7. The normalized spacial score (nSPS) is 22.4. The predicted molar refractivity (Wildman–Crippen MR) is 113 cm³/mol. The molecule has 24 heavy (non-hydrogen) atoms. The lowest BCUT2D eigenvalue weighted by atomic mass is 9.99. The average Bonchev–Trinajstić information content (AvgIpc) is 2.48. The number of piperidine rings is 1. The number of nitrogens with zero attached hydrogens (tertiary/aromatic N) is 2. The second-order valence-corrected chi connectivity index (χ2v) is 9.27. The van der Waals surface area contributed by atoms with Crippen LogP contribution in [0.2, 0.25) is 0 Å². The molecule has 0 aliphatic carbocycles. The molecule has 1 aliphatic heterocycles. The van der Waals surface area contributed by atoms with Crippen LogP contribution in [0.15, 0.2) is 4.99 Å². The Morgan fingerprint density at radius 2 is 2.04 bits per heavy atom. The summed E-state index contributed by atoms with van der Waals surface area (Å²) in [6.07, 6.45) is 4.46. The first-order chi connectivity index (χ1) is 10.7. The second-order valence-electron chi connectivity index (χ2n) is 7.01. The molecule has 6 nitrogen and oxygen atoms in total. The maximum absolute atomic E-state index is 11.2. The third-order valence-corrected chi connectivity index (χ3v) is 5.38. The minimum atomic E-state index is -2.91. The Bertz CT molecular complexity index is 484. The van der Waals surface area contributed by atoms with Crippen LogP contribution in [0.25, 0.3) is 0 Å². The van der Waals surface area contributed by atoms with Gasteiger partial charge < -0.3 is 10.6 Å². The molecular weight excluding hydrogens is 439 g/mol. The van der Waals surface area contributed by atoms with Gasteiger partial charge in [0, 0.05) is 38.5 Å². The molecule has 0 aromatic heterocycles.